The van der Waals surface area contributed by atoms with E-state index in [1.807, 2.05) is 0 Å². The Bertz CT molecular complexity index is 899. The molecule has 0 aliphatic rings. The van der Waals surface area contributed by atoms with Gasteiger partial charge >= 0.3 is 0 Å². The molecule has 0 aromatic heterocycles. The molecule has 0 atom stereocenters. The van der Waals surface area contributed by atoms with Crippen LogP contribution >= 0.6 is 0 Å². The van der Waals surface area contributed by atoms with Crippen molar-refractivity contribution in [3.63, 3.8) is 0 Å². The maximum absolute atomic E-state index is 13.6. The van der Waals surface area contributed by atoms with E-state index in [2.05, 4.69) is 5.32 Å². The Hall–Kier alpha value is -2.68. The number of carbonyl (C=O) groups is 1. The fraction of sp³-hybridized carbons (Fsp3) is 0.278. The van der Waals surface area contributed by atoms with Gasteiger partial charge in [-0.15, -0.1) is 0 Å². The van der Waals surface area contributed by atoms with Gasteiger partial charge in [-0.2, -0.15) is 0 Å². The summed E-state index contributed by atoms with van der Waals surface area (Å²) in [5.74, 6) is -1.87. The number of sulfonamides is 1. The number of hydrogen-bond donors (Lipinski definition) is 1. The number of benzene rings is 2. The van der Waals surface area contributed by atoms with Gasteiger partial charge in [-0.25, -0.2) is 17.2 Å². The molecule has 27 heavy (non-hydrogen) atoms. The van der Waals surface area contributed by atoms with E-state index >= 15 is 0 Å². The molecule has 0 radical (unpaired) electrons. The highest BCUT2D eigenvalue weighted by molar-refractivity contribution is 7.92. The van der Waals surface area contributed by atoms with Crippen LogP contribution in [0.15, 0.2) is 42.5 Å². The monoisotopic (exact) mass is 398 g/mol. The van der Waals surface area contributed by atoms with Crippen LogP contribution in [0.1, 0.15) is 12.8 Å². The van der Waals surface area contributed by atoms with Gasteiger partial charge in [0.1, 0.15) is 23.1 Å². The van der Waals surface area contributed by atoms with Crippen LogP contribution in [0.3, 0.4) is 0 Å². The highest BCUT2D eigenvalue weighted by Gasteiger charge is 2.19. The quantitative estimate of drug-likeness (QED) is 0.741. The summed E-state index contributed by atoms with van der Waals surface area (Å²) in [5, 5.41) is 2.17. The number of hydrogen-bond acceptors (Lipinski definition) is 4. The summed E-state index contributed by atoms with van der Waals surface area (Å²) in [6.45, 7) is 0.0270. The molecule has 9 heteroatoms. The van der Waals surface area contributed by atoms with E-state index in [1.165, 1.54) is 13.2 Å². The normalized spacial score (nSPS) is 11.1. The lowest BCUT2D eigenvalue weighted by Crippen LogP contribution is -2.31. The second kappa shape index (κ2) is 8.81. The van der Waals surface area contributed by atoms with Gasteiger partial charge in [0.05, 0.1) is 19.1 Å². The van der Waals surface area contributed by atoms with Crippen molar-refractivity contribution in [3.8, 4) is 5.75 Å². The SMILES string of the molecule is COc1cccc(N(CCCC(=O)Nc2c(F)cccc2F)S(C)(=O)=O)c1. The molecule has 2 aromatic rings. The van der Waals surface area contributed by atoms with Crippen LogP contribution in [0.2, 0.25) is 0 Å². The molecular weight excluding hydrogens is 378 g/mol. The summed E-state index contributed by atoms with van der Waals surface area (Å²) in [7, 11) is -2.12. The summed E-state index contributed by atoms with van der Waals surface area (Å²) in [6, 6.07) is 9.77. The fourth-order valence-electron chi connectivity index (χ4n) is 2.45. The van der Waals surface area contributed by atoms with Crippen molar-refractivity contribution in [1.29, 1.82) is 0 Å². The molecular formula is C18H20F2N2O4S. The number of carbonyl (C=O) groups excluding carboxylic acids is 1. The van der Waals surface area contributed by atoms with Gasteiger partial charge in [0, 0.05) is 19.0 Å². The molecule has 2 aromatic carbocycles. The third-order valence-electron chi connectivity index (χ3n) is 3.73. The fourth-order valence-corrected chi connectivity index (χ4v) is 3.41. The van der Waals surface area contributed by atoms with Crippen LogP contribution in [-0.4, -0.2) is 34.2 Å². The van der Waals surface area contributed by atoms with Gasteiger partial charge in [0.15, 0.2) is 0 Å². The van der Waals surface area contributed by atoms with Crippen molar-refractivity contribution >= 4 is 27.3 Å². The Labute approximate surface area is 156 Å². The lowest BCUT2D eigenvalue weighted by Gasteiger charge is -2.22. The van der Waals surface area contributed by atoms with E-state index in [1.54, 1.807) is 24.3 Å². The molecule has 0 unspecified atom stereocenters. The molecule has 2 rings (SSSR count). The number of rotatable bonds is 8. The van der Waals surface area contributed by atoms with Crippen molar-refractivity contribution in [1.82, 2.24) is 0 Å². The van der Waals surface area contributed by atoms with Gasteiger partial charge in [-0.1, -0.05) is 12.1 Å². The predicted octanol–water partition coefficient (Wildman–Crippen LogP) is 3.16. The van der Waals surface area contributed by atoms with Crippen LogP contribution in [0.5, 0.6) is 5.75 Å². The van der Waals surface area contributed by atoms with Crippen molar-refractivity contribution in [2.24, 2.45) is 0 Å². The maximum atomic E-state index is 13.6. The van der Waals surface area contributed by atoms with Gasteiger partial charge in [0.25, 0.3) is 0 Å². The van der Waals surface area contributed by atoms with Crippen molar-refractivity contribution in [2.45, 2.75) is 12.8 Å². The minimum Gasteiger partial charge on any atom is -0.497 e. The Balaban J connectivity index is 2.02. The molecule has 0 bridgehead atoms. The first-order chi connectivity index (χ1) is 12.7. The number of anilines is 2. The van der Waals surface area contributed by atoms with Crippen LogP contribution in [0.25, 0.3) is 0 Å². The summed E-state index contributed by atoms with van der Waals surface area (Å²) in [6.07, 6.45) is 1.11. The van der Waals surface area contributed by atoms with E-state index < -0.39 is 33.3 Å². The van der Waals surface area contributed by atoms with Crippen LogP contribution < -0.4 is 14.4 Å². The minimum absolute atomic E-state index is 0.0270. The first-order valence-electron chi connectivity index (χ1n) is 8.08. The zero-order chi connectivity index (χ0) is 20.0. The van der Waals surface area contributed by atoms with Gasteiger partial charge in [0.2, 0.25) is 15.9 Å². The zero-order valence-electron chi connectivity index (χ0n) is 14.9. The molecule has 0 heterocycles. The second-order valence-corrected chi connectivity index (χ2v) is 7.69. The van der Waals surface area contributed by atoms with Crippen LogP contribution in [0.4, 0.5) is 20.2 Å². The molecule has 6 nitrogen and oxygen atoms in total. The molecule has 0 spiro atoms. The molecule has 146 valence electrons. The van der Waals surface area contributed by atoms with E-state index in [9.17, 15) is 22.0 Å². The largest absolute Gasteiger partial charge is 0.497 e. The number of ether oxygens (including phenoxy) is 1. The first-order valence-corrected chi connectivity index (χ1v) is 9.93. The van der Waals surface area contributed by atoms with Gasteiger partial charge in [-0.3, -0.25) is 9.10 Å². The lowest BCUT2D eigenvalue weighted by molar-refractivity contribution is -0.116. The maximum Gasteiger partial charge on any atom is 0.232 e. The Kier molecular flexibility index (Phi) is 6.73. The number of amides is 1. The highest BCUT2D eigenvalue weighted by Crippen LogP contribution is 2.24. The molecule has 0 aliphatic heterocycles. The number of nitrogens with one attached hydrogen (secondary N) is 1. The molecule has 0 aliphatic carbocycles. The minimum atomic E-state index is -3.59. The van der Waals surface area contributed by atoms with E-state index in [0.29, 0.717) is 11.4 Å². The third kappa shape index (κ3) is 5.65. The summed E-state index contributed by atoms with van der Waals surface area (Å²) in [5.41, 5.74) is -0.118. The summed E-state index contributed by atoms with van der Waals surface area (Å²) in [4.78, 5) is 12.0. The number of para-hydroxylation sites is 1. The Morgan fingerprint density at radius 1 is 1.15 bits per heavy atom. The number of nitrogens with zero attached hydrogens (tertiary/aromatic N) is 1. The second-order valence-electron chi connectivity index (χ2n) is 5.78. The lowest BCUT2D eigenvalue weighted by atomic mass is 10.2. The van der Waals surface area contributed by atoms with Crippen LogP contribution in [-0.2, 0) is 14.8 Å². The molecule has 1 N–H and O–H groups in total. The predicted molar refractivity (Wildman–Crippen MR) is 99.4 cm³/mol. The topological polar surface area (TPSA) is 75.7 Å². The third-order valence-corrected chi connectivity index (χ3v) is 4.93. The summed E-state index contributed by atoms with van der Waals surface area (Å²) < 4.78 is 57.5. The molecule has 1 amide bonds. The van der Waals surface area contributed by atoms with Crippen molar-refractivity contribution < 1.29 is 26.7 Å². The van der Waals surface area contributed by atoms with E-state index in [4.69, 9.17) is 4.74 Å². The Morgan fingerprint density at radius 3 is 2.37 bits per heavy atom. The standard InChI is InChI=1S/C18H20F2N2O4S/c1-26-14-7-3-6-13(12-14)22(27(2,24)25)11-5-10-17(23)21-18-15(19)8-4-9-16(18)20/h3-4,6-9,12H,5,10-11H2,1-2H3,(H,21,23). The van der Waals surface area contributed by atoms with E-state index in [0.717, 1.165) is 22.7 Å². The van der Waals surface area contributed by atoms with Crippen LogP contribution in [0, 0.1) is 11.6 Å². The first kappa shape index (κ1) is 20.6. The average Bonchev–Trinajstić information content (AvgIpc) is 2.61. The molecule has 0 fully saturated rings. The van der Waals surface area contributed by atoms with Crippen molar-refractivity contribution in [2.75, 3.05) is 29.5 Å². The smallest absolute Gasteiger partial charge is 0.232 e. The van der Waals surface area contributed by atoms with Gasteiger partial charge < -0.3 is 10.1 Å². The highest BCUT2D eigenvalue weighted by atomic mass is 32.2. The average molecular weight is 398 g/mol. The summed E-state index contributed by atoms with van der Waals surface area (Å²) >= 11 is 0. The van der Waals surface area contributed by atoms with Crippen molar-refractivity contribution in [3.05, 3.63) is 54.1 Å². The number of halogens is 2. The van der Waals surface area contributed by atoms with Gasteiger partial charge in [-0.05, 0) is 30.7 Å². The molecule has 0 saturated carbocycles. The van der Waals surface area contributed by atoms with E-state index in [-0.39, 0.29) is 19.4 Å². The zero-order valence-corrected chi connectivity index (χ0v) is 15.7. The number of methoxy groups -OCH3 is 1. The molecule has 0 saturated heterocycles. The Morgan fingerprint density at radius 2 is 1.78 bits per heavy atom.